The first kappa shape index (κ1) is 14.4. The zero-order valence-electron chi connectivity index (χ0n) is 12.4. The lowest BCUT2D eigenvalue weighted by molar-refractivity contribution is 0.131. The number of aryl methyl sites for hydroxylation is 1. The second-order valence-corrected chi connectivity index (χ2v) is 5.80. The van der Waals surface area contributed by atoms with E-state index in [2.05, 4.69) is 22.4 Å². The van der Waals surface area contributed by atoms with E-state index >= 15 is 0 Å². The smallest absolute Gasteiger partial charge is 0.123 e. The monoisotopic (exact) mass is 289 g/mol. The molecule has 1 aromatic carbocycles. The number of H-pyrrole nitrogens is 1. The van der Waals surface area contributed by atoms with Crippen LogP contribution >= 0.6 is 0 Å². The molecule has 2 aromatic rings. The molecule has 0 saturated heterocycles. The number of hydrogen-bond donors (Lipinski definition) is 3. The fourth-order valence-electron chi connectivity index (χ4n) is 3.15. The standard InChI is InChI=1S/C16H23N3O2/c1-11-14-10-18-19-15(14)5-6-16(11)21-13-4-2-3-12(9-13)17-7-8-20/h5-6,10,12-13,17,20H,2-4,7-9H2,1H3,(H,18,19)/t12-,13+/m0/s1. The molecule has 5 heteroatoms. The van der Waals surface area contributed by atoms with Gasteiger partial charge in [-0.3, -0.25) is 5.10 Å². The fraction of sp³-hybridized carbons (Fsp3) is 0.562. The van der Waals surface area contributed by atoms with E-state index < -0.39 is 0 Å². The Balaban J connectivity index is 1.68. The number of nitrogens with one attached hydrogen (secondary N) is 2. The predicted molar refractivity (Wildman–Crippen MR) is 82.6 cm³/mol. The maximum atomic E-state index is 8.91. The molecule has 0 radical (unpaired) electrons. The summed E-state index contributed by atoms with van der Waals surface area (Å²) < 4.78 is 6.23. The lowest BCUT2D eigenvalue weighted by Crippen LogP contribution is -2.39. The molecule has 5 nitrogen and oxygen atoms in total. The number of hydrogen-bond acceptors (Lipinski definition) is 4. The van der Waals surface area contributed by atoms with Crippen LogP contribution in [0.2, 0.25) is 0 Å². The zero-order chi connectivity index (χ0) is 14.7. The van der Waals surface area contributed by atoms with Crippen molar-refractivity contribution in [3.8, 4) is 5.75 Å². The Hall–Kier alpha value is -1.59. The molecule has 0 amide bonds. The van der Waals surface area contributed by atoms with Crippen LogP contribution in [-0.2, 0) is 0 Å². The van der Waals surface area contributed by atoms with Gasteiger partial charge in [-0.15, -0.1) is 0 Å². The molecule has 0 unspecified atom stereocenters. The van der Waals surface area contributed by atoms with Crippen LogP contribution in [0, 0.1) is 6.92 Å². The van der Waals surface area contributed by atoms with Gasteiger partial charge in [-0.25, -0.2) is 0 Å². The number of nitrogens with zero attached hydrogens (tertiary/aromatic N) is 1. The quantitative estimate of drug-likeness (QED) is 0.789. The van der Waals surface area contributed by atoms with Crippen LogP contribution in [0.15, 0.2) is 18.3 Å². The van der Waals surface area contributed by atoms with Crippen LogP contribution < -0.4 is 10.1 Å². The van der Waals surface area contributed by atoms with Crippen molar-refractivity contribution in [2.45, 2.75) is 44.8 Å². The molecule has 0 aliphatic heterocycles. The summed E-state index contributed by atoms with van der Waals surface area (Å²) >= 11 is 0. The summed E-state index contributed by atoms with van der Waals surface area (Å²) in [5.41, 5.74) is 2.19. The molecule has 1 heterocycles. The highest BCUT2D eigenvalue weighted by Gasteiger charge is 2.23. The molecule has 2 atom stereocenters. The minimum absolute atomic E-state index is 0.193. The molecule has 114 valence electrons. The third kappa shape index (κ3) is 3.19. The van der Waals surface area contributed by atoms with E-state index in [0.29, 0.717) is 12.6 Å². The third-order valence-corrected chi connectivity index (χ3v) is 4.31. The number of aromatic amines is 1. The summed E-state index contributed by atoms with van der Waals surface area (Å²) in [6.07, 6.45) is 6.53. The van der Waals surface area contributed by atoms with Crippen molar-refractivity contribution in [2.75, 3.05) is 13.2 Å². The van der Waals surface area contributed by atoms with Gasteiger partial charge in [0.1, 0.15) is 11.9 Å². The summed E-state index contributed by atoms with van der Waals surface area (Å²) in [7, 11) is 0. The van der Waals surface area contributed by atoms with Crippen molar-refractivity contribution in [1.29, 1.82) is 0 Å². The summed E-state index contributed by atoms with van der Waals surface area (Å²) in [5, 5.41) is 20.5. The van der Waals surface area contributed by atoms with E-state index in [-0.39, 0.29) is 12.7 Å². The summed E-state index contributed by atoms with van der Waals surface area (Å²) in [6, 6.07) is 4.50. The fourth-order valence-corrected chi connectivity index (χ4v) is 3.15. The van der Waals surface area contributed by atoms with Gasteiger partial charge in [0, 0.05) is 23.5 Å². The number of ether oxygens (including phenoxy) is 1. The van der Waals surface area contributed by atoms with E-state index in [0.717, 1.165) is 35.1 Å². The van der Waals surface area contributed by atoms with Crippen molar-refractivity contribution in [1.82, 2.24) is 15.5 Å². The largest absolute Gasteiger partial charge is 0.490 e. The molecule has 0 bridgehead atoms. The first-order valence-corrected chi connectivity index (χ1v) is 7.71. The van der Waals surface area contributed by atoms with Crippen molar-refractivity contribution >= 4 is 10.9 Å². The molecule has 1 aliphatic carbocycles. The maximum absolute atomic E-state index is 8.91. The summed E-state index contributed by atoms with van der Waals surface area (Å²) in [4.78, 5) is 0. The van der Waals surface area contributed by atoms with Crippen molar-refractivity contribution in [2.24, 2.45) is 0 Å². The van der Waals surface area contributed by atoms with E-state index in [1.54, 1.807) is 0 Å². The van der Waals surface area contributed by atoms with Gasteiger partial charge in [0.2, 0.25) is 0 Å². The van der Waals surface area contributed by atoms with Crippen LogP contribution in [0.5, 0.6) is 5.75 Å². The Morgan fingerprint density at radius 2 is 2.33 bits per heavy atom. The van der Waals surface area contributed by atoms with E-state index in [1.165, 1.54) is 12.8 Å². The molecule has 3 N–H and O–H groups in total. The molecule has 1 fully saturated rings. The predicted octanol–water partition coefficient (Wildman–Crippen LogP) is 2.14. The number of aliphatic hydroxyl groups is 1. The molecule has 21 heavy (non-hydrogen) atoms. The van der Waals surface area contributed by atoms with Gasteiger partial charge in [-0.1, -0.05) is 0 Å². The number of fused-ring (bicyclic) bond motifs is 1. The topological polar surface area (TPSA) is 70.2 Å². The third-order valence-electron chi connectivity index (χ3n) is 4.31. The number of aliphatic hydroxyl groups excluding tert-OH is 1. The van der Waals surface area contributed by atoms with Crippen LogP contribution in [0.25, 0.3) is 10.9 Å². The summed E-state index contributed by atoms with van der Waals surface area (Å²) in [6.45, 7) is 2.94. The van der Waals surface area contributed by atoms with Crippen LogP contribution in [0.3, 0.4) is 0 Å². The van der Waals surface area contributed by atoms with E-state index in [9.17, 15) is 0 Å². The van der Waals surface area contributed by atoms with Crippen molar-refractivity contribution < 1.29 is 9.84 Å². The van der Waals surface area contributed by atoms with Crippen molar-refractivity contribution in [3.63, 3.8) is 0 Å². The molecule has 3 rings (SSSR count). The van der Waals surface area contributed by atoms with Gasteiger partial charge in [-0.2, -0.15) is 5.10 Å². The van der Waals surface area contributed by atoms with Gasteiger partial charge in [0.25, 0.3) is 0 Å². The Kier molecular flexibility index (Phi) is 4.41. The Labute approximate surface area is 124 Å². The van der Waals surface area contributed by atoms with Crippen LogP contribution in [0.1, 0.15) is 31.2 Å². The first-order valence-electron chi connectivity index (χ1n) is 7.71. The Morgan fingerprint density at radius 3 is 3.19 bits per heavy atom. The minimum Gasteiger partial charge on any atom is -0.490 e. The Bertz CT molecular complexity index is 596. The molecule has 1 aliphatic rings. The molecule has 1 saturated carbocycles. The number of aromatic nitrogens is 2. The lowest BCUT2D eigenvalue weighted by Gasteiger charge is -2.30. The van der Waals surface area contributed by atoms with Gasteiger partial charge in [0.15, 0.2) is 0 Å². The molecular formula is C16H23N3O2. The average Bonchev–Trinajstić information content (AvgIpc) is 2.98. The summed E-state index contributed by atoms with van der Waals surface area (Å²) in [5.74, 6) is 0.955. The first-order chi connectivity index (χ1) is 10.3. The average molecular weight is 289 g/mol. The number of benzene rings is 1. The van der Waals surface area contributed by atoms with E-state index in [4.69, 9.17) is 9.84 Å². The lowest BCUT2D eigenvalue weighted by atomic mass is 9.92. The van der Waals surface area contributed by atoms with Gasteiger partial charge in [-0.05, 0) is 44.7 Å². The second-order valence-electron chi connectivity index (χ2n) is 5.80. The molecule has 1 aromatic heterocycles. The van der Waals surface area contributed by atoms with E-state index in [1.807, 2.05) is 18.3 Å². The van der Waals surface area contributed by atoms with Crippen LogP contribution in [0.4, 0.5) is 0 Å². The minimum atomic E-state index is 0.193. The van der Waals surface area contributed by atoms with Gasteiger partial charge < -0.3 is 15.2 Å². The molecular weight excluding hydrogens is 266 g/mol. The second kappa shape index (κ2) is 6.45. The highest BCUT2D eigenvalue weighted by Crippen LogP contribution is 2.29. The maximum Gasteiger partial charge on any atom is 0.123 e. The zero-order valence-corrected chi connectivity index (χ0v) is 12.4. The SMILES string of the molecule is Cc1c(O[C@@H]2CCC[C@H](NCCO)C2)ccc2[nH]ncc12. The highest BCUT2D eigenvalue weighted by molar-refractivity contribution is 5.83. The highest BCUT2D eigenvalue weighted by atomic mass is 16.5. The number of rotatable bonds is 5. The van der Waals surface area contributed by atoms with Crippen LogP contribution in [-0.4, -0.2) is 40.6 Å². The molecule has 0 spiro atoms. The van der Waals surface area contributed by atoms with Gasteiger partial charge in [0.05, 0.1) is 18.3 Å². The van der Waals surface area contributed by atoms with Gasteiger partial charge >= 0.3 is 0 Å². The normalized spacial score (nSPS) is 22.6. The van der Waals surface area contributed by atoms with Crippen molar-refractivity contribution in [3.05, 3.63) is 23.9 Å². The Morgan fingerprint density at radius 1 is 1.43 bits per heavy atom.